The van der Waals surface area contributed by atoms with Crippen molar-refractivity contribution >= 4 is 11.4 Å². The van der Waals surface area contributed by atoms with Crippen molar-refractivity contribution in [3.05, 3.63) is 46.8 Å². The van der Waals surface area contributed by atoms with E-state index in [0.717, 1.165) is 30.4 Å². The topological polar surface area (TPSA) is 120 Å². The minimum Gasteiger partial charge on any atom is -0.507 e. The first-order valence-electron chi connectivity index (χ1n) is 10.4. The van der Waals surface area contributed by atoms with Crippen LogP contribution in [0.5, 0.6) is 5.75 Å². The zero-order valence-electron chi connectivity index (χ0n) is 18.7. The molecule has 3 rings (SSSR count). The lowest BCUT2D eigenvalue weighted by molar-refractivity contribution is 0.0981. The van der Waals surface area contributed by atoms with Crippen LogP contribution >= 0.6 is 0 Å². The number of hydrogen-bond acceptors (Lipinski definition) is 7. The van der Waals surface area contributed by atoms with E-state index in [4.69, 9.17) is 16.7 Å². The van der Waals surface area contributed by atoms with Crippen LogP contribution in [0.15, 0.2) is 35.3 Å². The van der Waals surface area contributed by atoms with E-state index >= 15 is 0 Å². The number of benzene rings is 1. The van der Waals surface area contributed by atoms with Gasteiger partial charge in [0.25, 0.3) is 0 Å². The van der Waals surface area contributed by atoms with Gasteiger partial charge >= 0.3 is 0 Å². The molecule has 1 aromatic carbocycles. The second-order valence-corrected chi connectivity index (χ2v) is 9.85. The van der Waals surface area contributed by atoms with Crippen LogP contribution in [0.1, 0.15) is 63.6 Å². The Kier molecular flexibility index (Phi) is 5.78. The third-order valence-corrected chi connectivity index (χ3v) is 6.15. The molecular formula is C23H35N5O2. The summed E-state index contributed by atoms with van der Waals surface area (Å²) < 4.78 is 0. The summed E-state index contributed by atoms with van der Waals surface area (Å²) >= 11 is 0. The first-order chi connectivity index (χ1) is 13.9. The van der Waals surface area contributed by atoms with Crippen LogP contribution in [0, 0.1) is 0 Å². The zero-order valence-corrected chi connectivity index (χ0v) is 18.7. The third kappa shape index (κ3) is 4.56. The molecule has 0 unspecified atom stereocenters. The summed E-state index contributed by atoms with van der Waals surface area (Å²) in [5.41, 5.74) is 16.1. The fourth-order valence-electron chi connectivity index (χ4n) is 4.97. The smallest absolute Gasteiger partial charge is 0.125 e. The molecule has 7 heteroatoms. The summed E-state index contributed by atoms with van der Waals surface area (Å²) in [5.74, 6) is 0.694. The SMILES string of the molecule is CN(/C(N)=C/C=C(\N)c1cc2c(cc1O)/C(=N/O)CC2)C1CC(C)(C)NC(C)(C)C1. The Hall–Kier alpha value is -2.67. The summed E-state index contributed by atoms with van der Waals surface area (Å²) in [7, 11) is 2.01. The number of aryl methyl sites for hydroxylation is 1. The van der Waals surface area contributed by atoms with Crippen molar-refractivity contribution in [1.29, 1.82) is 0 Å². The highest BCUT2D eigenvalue weighted by Crippen LogP contribution is 2.33. The third-order valence-electron chi connectivity index (χ3n) is 6.15. The molecule has 1 aliphatic carbocycles. The first-order valence-corrected chi connectivity index (χ1v) is 10.4. The van der Waals surface area contributed by atoms with E-state index in [1.54, 1.807) is 18.2 Å². The van der Waals surface area contributed by atoms with Gasteiger partial charge in [-0.1, -0.05) is 5.16 Å². The van der Waals surface area contributed by atoms with Gasteiger partial charge < -0.3 is 32.0 Å². The van der Waals surface area contributed by atoms with Crippen LogP contribution in [-0.2, 0) is 6.42 Å². The van der Waals surface area contributed by atoms with Gasteiger partial charge in [-0.25, -0.2) is 0 Å². The molecule has 0 saturated carbocycles. The maximum absolute atomic E-state index is 10.4. The number of phenols is 1. The largest absolute Gasteiger partial charge is 0.507 e. The summed E-state index contributed by atoms with van der Waals surface area (Å²) in [6, 6.07) is 3.79. The zero-order chi connectivity index (χ0) is 22.3. The average molecular weight is 414 g/mol. The highest BCUT2D eigenvalue weighted by molar-refractivity contribution is 6.05. The Morgan fingerprint density at radius 1 is 1.13 bits per heavy atom. The molecule has 0 amide bonds. The van der Waals surface area contributed by atoms with Crippen molar-refractivity contribution in [2.45, 2.75) is 70.5 Å². The van der Waals surface area contributed by atoms with E-state index in [9.17, 15) is 5.11 Å². The molecule has 0 bridgehead atoms. The maximum Gasteiger partial charge on any atom is 0.125 e. The molecule has 164 valence electrons. The monoisotopic (exact) mass is 413 g/mol. The lowest BCUT2D eigenvalue weighted by atomic mass is 9.79. The Morgan fingerprint density at radius 3 is 2.37 bits per heavy atom. The van der Waals surface area contributed by atoms with Crippen molar-refractivity contribution in [3.8, 4) is 5.75 Å². The van der Waals surface area contributed by atoms with Crippen LogP contribution in [-0.4, -0.2) is 45.1 Å². The molecule has 0 radical (unpaired) electrons. The molecule has 0 atom stereocenters. The quantitative estimate of drug-likeness (QED) is 0.294. The number of phenolic OH excluding ortho intramolecular Hbond substituents is 1. The summed E-state index contributed by atoms with van der Waals surface area (Å²) in [5, 5.41) is 26.5. The average Bonchev–Trinajstić information content (AvgIpc) is 3.03. The van der Waals surface area contributed by atoms with E-state index < -0.39 is 0 Å². The van der Waals surface area contributed by atoms with Crippen molar-refractivity contribution in [1.82, 2.24) is 10.2 Å². The van der Waals surface area contributed by atoms with Crippen LogP contribution in [0.3, 0.4) is 0 Å². The van der Waals surface area contributed by atoms with Gasteiger partial charge in [-0.3, -0.25) is 0 Å². The Morgan fingerprint density at radius 2 is 1.77 bits per heavy atom. The van der Waals surface area contributed by atoms with Gasteiger partial charge in [0.2, 0.25) is 0 Å². The number of piperidine rings is 1. The van der Waals surface area contributed by atoms with E-state index in [2.05, 4.69) is 43.1 Å². The number of oxime groups is 1. The predicted octanol–water partition coefficient (Wildman–Crippen LogP) is 2.86. The molecule has 7 nitrogen and oxygen atoms in total. The van der Waals surface area contributed by atoms with E-state index in [1.165, 1.54) is 0 Å². The number of fused-ring (bicyclic) bond motifs is 1. The molecule has 1 aromatic rings. The number of aromatic hydroxyl groups is 1. The van der Waals surface area contributed by atoms with Gasteiger partial charge in [0, 0.05) is 41.0 Å². The van der Waals surface area contributed by atoms with Crippen LogP contribution in [0.2, 0.25) is 0 Å². The highest BCUT2D eigenvalue weighted by atomic mass is 16.4. The standard InChI is InChI=1S/C23H35N5O2/c1-22(2)12-15(13-23(3,4)27-22)28(5)21(25)9-7-18(24)17-10-14-6-8-19(26-30)16(14)11-20(17)29/h7,9-11,15,27,29-30H,6,8,12-13,24-25H2,1-5H3/b18-7-,21-9+,26-19+. The molecule has 2 aliphatic rings. The molecule has 30 heavy (non-hydrogen) atoms. The van der Waals surface area contributed by atoms with Gasteiger partial charge in [0.15, 0.2) is 0 Å². The van der Waals surface area contributed by atoms with Gasteiger partial charge in [0.05, 0.1) is 11.5 Å². The van der Waals surface area contributed by atoms with Crippen molar-refractivity contribution in [2.75, 3.05) is 7.05 Å². The summed E-state index contributed by atoms with van der Waals surface area (Å²) in [4.78, 5) is 2.11. The number of hydrogen-bond donors (Lipinski definition) is 5. The van der Waals surface area contributed by atoms with E-state index in [0.29, 0.717) is 35.3 Å². The number of nitrogens with one attached hydrogen (secondary N) is 1. The Balaban J connectivity index is 1.80. The van der Waals surface area contributed by atoms with Crippen molar-refractivity contribution in [2.24, 2.45) is 16.6 Å². The first kappa shape index (κ1) is 22.0. The molecule has 1 heterocycles. The number of nitrogens with zero attached hydrogens (tertiary/aromatic N) is 2. The number of allylic oxidation sites excluding steroid dienone is 2. The van der Waals surface area contributed by atoms with Gasteiger partial charge in [0.1, 0.15) is 5.75 Å². The van der Waals surface area contributed by atoms with E-state index in [-0.39, 0.29) is 16.8 Å². The second-order valence-electron chi connectivity index (χ2n) is 9.85. The lowest BCUT2D eigenvalue weighted by Crippen LogP contribution is -2.61. The normalized spacial score (nSPS) is 22.9. The van der Waals surface area contributed by atoms with Gasteiger partial charge in [-0.15, -0.1) is 0 Å². The molecule has 0 spiro atoms. The van der Waals surface area contributed by atoms with Crippen LogP contribution in [0.25, 0.3) is 5.70 Å². The molecule has 7 N–H and O–H groups in total. The van der Waals surface area contributed by atoms with Gasteiger partial charge in [-0.05, 0) is 83.2 Å². The van der Waals surface area contributed by atoms with Gasteiger partial charge in [-0.2, -0.15) is 0 Å². The number of nitrogens with two attached hydrogens (primary N) is 2. The number of rotatable bonds is 4. The predicted molar refractivity (Wildman–Crippen MR) is 121 cm³/mol. The second kappa shape index (κ2) is 7.87. The molecular weight excluding hydrogens is 378 g/mol. The van der Waals surface area contributed by atoms with Crippen molar-refractivity contribution in [3.63, 3.8) is 0 Å². The van der Waals surface area contributed by atoms with Crippen molar-refractivity contribution < 1.29 is 10.3 Å². The Labute approximate surface area is 179 Å². The minimum atomic E-state index is 0.0305. The fourth-order valence-corrected chi connectivity index (χ4v) is 4.97. The Bertz CT molecular complexity index is 898. The minimum absolute atomic E-state index is 0.0305. The highest BCUT2D eigenvalue weighted by Gasteiger charge is 2.39. The fraction of sp³-hybridized carbons (Fsp3) is 0.522. The maximum atomic E-state index is 10.4. The molecule has 1 saturated heterocycles. The molecule has 1 fully saturated rings. The van der Waals surface area contributed by atoms with E-state index in [1.807, 2.05) is 13.1 Å². The lowest BCUT2D eigenvalue weighted by Gasteiger charge is -2.49. The summed E-state index contributed by atoms with van der Waals surface area (Å²) in [6.07, 6.45) is 6.92. The molecule has 1 aliphatic heterocycles. The molecule has 0 aromatic heterocycles. The summed E-state index contributed by atoms with van der Waals surface area (Å²) in [6.45, 7) is 8.87. The van der Waals surface area contributed by atoms with Crippen LogP contribution < -0.4 is 16.8 Å². The van der Waals surface area contributed by atoms with Crippen LogP contribution in [0.4, 0.5) is 0 Å².